The van der Waals surface area contributed by atoms with E-state index in [0.29, 0.717) is 23.7 Å². The SMILES string of the molecule is C=CCN1C(=O)C(Nc2ccc(C)cc2C)=C(c2ccc(OCC(C)C)cc2)C1=O. The summed E-state index contributed by atoms with van der Waals surface area (Å²) in [5.74, 6) is 0.470. The molecule has 0 aromatic heterocycles. The van der Waals surface area contributed by atoms with Crippen LogP contribution in [0.15, 0.2) is 60.8 Å². The number of benzene rings is 2. The number of hydrogen-bond acceptors (Lipinski definition) is 4. The van der Waals surface area contributed by atoms with Gasteiger partial charge in [-0.1, -0.05) is 49.8 Å². The maximum absolute atomic E-state index is 13.1. The van der Waals surface area contributed by atoms with Crippen LogP contribution in [0, 0.1) is 19.8 Å². The van der Waals surface area contributed by atoms with Crippen LogP contribution in [-0.4, -0.2) is 29.9 Å². The van der Waals surface area contributed by atoms with Crippen molar-refractivity contribution in [2.24, 2.45) is 5.92 Å². The van der Waals surface area contributed by atoms with Crippen LogP contribution in [0.2, 0.25) is 0 Å². The second kappa shape index (κ2) is 8.99. The van der Waals surface area contributed by atoms with Gasteiger partial charge in [-0.25, -0.2) is 0 Å². The molecule has 5 heteroatoms. The third-order valence-corrected chi connectivity index (χ3v) is 4.85. The zero-order valence-corrected chi connectivity index (χ0v) is 18.0. The molecule has 0 spiro atoms. The summed E-state index contributed by atoms with van der Waals surface area (Å²) in [5, 5.41) is 3.21. The van der Waals surface area contributed by atoms with Gasteiger partial charge in [-0.2, -0.15) is 0 Å². The largest absolute Gasteiger partial charge is 0.493 e. The predicted molar refractivity (Wildman–Crippen MR) is 120 cm³/mol. The Bertz CT molecular complexity index is 1000. The number of rotatable bonds is 8. The van der Waals surface area contributed by atoms with E-state index >= 15 is 0 Å². The molecular formula is C25H28N2O3. The lowest BCUT2D eigenvalue weighted by atomic mass is 10.0. The molecule has 156 valence electrons. The number of carbonyl (C=O) groups excluding carboxylic acids is 2. The summed E-state index contributed by atoms with van der Waals surface area (Å²) in [6.45, 7) is 12.6. The standard InChI is InChI=1S/C25H28N2O3/c1-6-13-27-24(28)22(19-8-10-20(11-9-19)30-15-16(2)3)23(25(27)29)26-21-12-7-17(4)14-18(21)5/h6-12,14,16,26H,1,13,15H2,2-5H3. The average Bonchev–Trinajstić information content (AvgIpc) is 2.93. The molecular weight excluding hydrogens is 376 g/mol. The lowest BCUT2D eigenvalue weighted by molar-refractivity contribution is -0.136. The van der Waals surface area contributed by atoms with Crippen molar-refractivity contribution >= 4 is 23.1 Å². The summed E-state index contributed by atoms with van der Waals surface area (Å²) in [6.07, 6.45) is 1.55. The predicted octanol–water partition coefficient (Wildman–Crippen LogP) is 4.72. The highest BCUT2D eigenvalue weighted by Crippen LogP contribution is 2.32. The third kappa shape index (κ3) is 4.46. The van der Waals surface area contributed by atoms with Crippen molar-refractivity contribution in [3.05, 3.63) is 77.5 Å². The first-order valence-electron chi connectivity index (χ1n) is 10.1. The molecule has 1 aliphatic heterocycles. The lowest BCUT2D eigenvalue weighted by Gasteiger charge is -2.13. The fourth-order valence-corrected chi connectivity index (χ4v) is 3.32. The zero-order valence-electron chi connectivity index (χ0n) is 18.0. The molecule has 0 radical (unpaired) electrons. The number of aryl methyl sites for hydroxylation is 2. The van der Waals surface area contributed by atoms with E-state index in [-0.39, 0.29) is 24.1 Å². The van der Waals surface area contributed by atoms with E-state index in [4.69, 9.17) is 4.74 Å². The van der Waals surface area contributed by atoms with Gasteiger partial charge in [-0.05, 0) is 49.1 Å². The van der Waals surface area contributed by atoms with E-state index in [0.717, 1.165) is 22.6 Å². The molecule has 0 aliphatic carbocycles. The fourth-order valence-electron chi connectivity index (χ4n) is 3.32. The average molecular weight is 405 g/mol. The normalized spacial score (nSPS) is 14.0. The molecule has 0 fully saturated rings. The Kier molecular flexibility index (Phi) is 6.40. The minimum Gasteiger partial charge on any atom is -0.493 e. The summed E-state index contributed by atoms with van der Waals surface area (Å²) >= 11 is 0. The van der Waals surface area contributed by atoms with Crippen LogP contribution in [0.3, 0.4) is 0 Å². The maximum atomic E-state index is 13.1. The Hall–Kier alpha value is -3.34. The van der Waals surface area contributed by atoms with Crippen molar-refractivity contribution in [1.29, 1.82) is 0 Å². The Morgan fingerprint density at radius 3 is 2.37 bits per heavy atom. The van der Waals surface area contributed by atoms with Crippen molar-refractivity contribution in [3.8, 4) is 5.75 Å². The molecule has 30 heavy (non-hydrogen) atoms. The molecule has 1 heterocycles. The van der Waals surface area contributed by atoms with Crippen LogP contribution in [0.5, 0.6) is 5.75 Å². The summed E-state index contributed by atoms with van der Waals surface area (Å²) < 4.78 is 5.73. The van der Waals surface area contributed by atoms with E-state index in [1.165, 1.54) is 4.90 Å². The number of amides is 2. The minimum atomic E-state index is -0.352. The third-order valence-electron chi connectivity index (χ3n) is 4.85. The first-order chi connectivity index (χ1) is 14.3. The molecule has 2 aromatic rings. The van der Waals surface area contributed by atoms with Crippen molar-refractivity contribution in [2.75, 3.05) is 18.5 Å². The summed E-state index contributed by atoms with van der Waals surface area (Å²) in [7, 11) is 0. The van der Waals surface area contributed by atoms with Gasteiger partial charge in [0, 0.05) is 12.2 Å². The van der Waals surface area contributed by atoms with E-state index in [2.05, 4.69) is 25.7 Å². The second-order valence-corrected chi connectivity index (χ2v) is 7.93. The first kappa shape index (κ1) is 21.4. The van der Waals surface area contributed by atoms with Crippen LogP contribution in [-0.2, 0) is 9.59 Å². The molecule has 0 unspecified atom stereocenters. The van der Waals surface area contributed by atoms with Gasteiger partial charge >= 0.3 is 0 Å². The molecule has 2 aromatic carbocycles. The Labute approximate surface area is 178 Å². The summed E-state index contributed by atoms with van der Waals surface area (Å²) in [5.41, 5.74) is 4.24. The second-order valence-electron chi connectivity index (χ2n) is 7.93. The molecule has 0 saturated carbocycles. The first-order valence-corrected chi connectivity index (χ1v) is 10.1. The van der Waals surface area contributed by atoms with Gasteiger partial charge in [0.2, 0.25) is 0 Å². The van der Waals surface area contributed by atoms with Crippen LogP contribution in [0.1, 0.15) is 30.5 Å². The van der Waals surface area contributed by atoms with Gasteiger partial charge in [0.05, 0.1) is 12.2 Å². The van der Waals surface area contributed by atoms with Gasteiger partial charge in [-0.3, -0.25) is 14.5 Å². The van der Waals surface area contributed by atoms with Gasteiger partial charge in [0.15, 0.2) is 0 Å². The molecule has 1 N–H and O–H groups in total. The van der Waals surface area contributed by atoms with Crippen LogP contribution >= 0.6 is 0 Å². The van der Waals surface area contributed by atoms with Gasteiger partial charge in [0.1, 0.15) is 11.4 Å². The smallest absolute Gasteiger partial charge is 0.278 e. The zero-order chi connectivity index (χ0) is 21.8. The monoisotopic (exact) mass is 404 g/mol. The number of hydrogen-bond donors (Lipinski definition) is 1. The molecule has 0 atom stereocenters. The quantitative estimate of drug-likeness (QED) is 0.511. The van der Waals surface area contributed by atoms with E-state index in [9.17, 15) is 9.59 Å². The van der Waals surface area contributed by atoms with E-state index < -0.39 is 0 Å². The number of imide groups is 1. The highest BCUT2D eigenvalue weighted by molar-refractivity contribution is 6.36. The maximum Gasteiger partial charge on any atom is 0.278 e. The van der Waals surface area contributed by atoms with Crippen LogP contribution in [0.25, 0.3) is 5.57 Å². The van der Waals surface area contributed by atoms with Crippen molar-refractivity contribution in [1.82, 2.24) is 4.90 Å². The van der Waals surface area contributed by atoms with Crippen LogP contribution < -0.4 is 10.1 Å². The van der Waals surface area contributed by atoms with Crippen molar-refractivity contribution in [2.45, 2.75) is 27.7 Å². The van der Waals surface area contributed by atoms with Crippen molar-refractivity contribution < 1.29 is 14.3 Å². The number of ether oxygens (including phenoxy) is 1. The summed E-state index contributed by atoms with van der Waals surface area (Å²) in [4.78, 5) is 27.3. The molecule has 0 bridgehead atoms. The molecule has 5 nitrogen and oxygen atoms in total. The fraction of sp³-hybridized carbons (Fsp3) is 0.280. The Balaban J connectivity index is 1.99. The van der Waals surface area contributed by atoms with Gasteiger partial charge in [0.25, 0.3) is 11.8 Å². The Morgan fingerprint density at radius 1 is 1.07 bits per heavy atom. The molecule has 3 rings (SSSR count). The van der Waals surface area contributed by atoms with E-state index in [1.54, 1.807) is 6.08 Å². The number of anilines is 1. The molecule has 1 aliphatic rings. The highest BCUT2D eigenvalue weighted by atomic mass is 16.5. The highest BCUT2D eigenvalue weighted by Gasteiger charge is 2.38. The number of carbonyl (C=O) groups is 2. The number of nitrogens with zero attached hydrogens (tertiary/aromatic N) is 1. The topological polar surface area (TPSA) is 58.6 Å². The molecule has 0 saturated heterocycles. The van der Waals surface area contributed by atoms with E-state index in [1.807, 2.05) is 56.3 Å². The summed E-state index contributed by atoms with van der Waals surface area (Å²) in [6, 6.07) is 13.2. The number of nitrogens with one attached hydrogen (secondary N) is 1. The molecule has 2 amide bonds. The van der Waals surface area contributed by atoms with Gasteiger partial charge < -0.3 is 10.1 Å². The van der Waals surface area contributed by atoms with Crippen molar-refractivity contribution in [3.63, 3.8) is 0 Å². The minimum absolute atomic E-state index is 0.162. The Morgan fingerprint density at radius 2 is 1.77 bits per heavy atom. The van der Waals surface area contributed by atoms with Gasteiger partial charge in [-0.15, -0.1) is 6.58 Å². The lowest BCUT2D eigenvalue weighted by Crippen LogP contribution is -2.32. The van der Waals surface area contributed by atoms with Crippen LogP contribution in [0.4, 0.5) is 5.69 Å².